The van der Waals surface area contributed by atoms with E-state index in [9.17, 15) is 4.79 Å². The predicted molar refractivity (Wildman–Crippen MR) is 53.3 cm³/mol. The molecule has 0 unspecified atom stereocenters. The predicted octanol–water partition coefficient (Wildman–Crippen LogP) is 1.18. The monoisotopic (exact) mass is 206 g/mol. The van der Waals surface area contributed by atoms with Crippen LogP contribution in [0.4, 0.5) is 0 Å². The molecule has 0 aliphatic carbocycles. The molecule has 78 valence electrons. The number of methoxy groups -OCH3 is 1. The van der Waals surface area contributed by atoms with E-state index in [1.54, 1.807) is 19.2 Å². The number of hydrogen-bond donors (Lipinski definition) is 1. The molecule has 0 aliphatic heterocycles. The minimum absolute atomic E-state index is 0.219. The molecule has 0 saturated heterocycles. The second-order valence-corrected chi connectivity index (χ2v) is 3.00. The molecule has 2 rings (SSSR count). The fourth-order valence-corrected chi connectivity index (χ4v) is 1.26. The number of furan rings is 1. The minimum atomic E-state index is -0.219. The van der Waals surface area contributed by atoms with Crippen molar-refractivity contribution < 1.29 is 9.15 Å². The Labute approximate surface area is 85.7 Å². The van der Waals surface area contributed by atoms with Gasteiger partial charge in [-0.15, -0.1) is 0 Å². The molecular weight excluding hydrogens is 196 g/mol. The van der Waals surface area contributed by atoms with Crippen molar-refractivity contribution in [2.75, 3.05) is 7.11 Å². The Morgan fingerprint density at radius 1 is 1.60 bits per heavy atom. The van der Waals surface area contributed by atoms with Crippen molar-refractivity contribution in [1.82, 2.24) is 9.97 Å². The van der Waals surface area contributed by atoms with E-state index in [1.807, 2.05) is 0 Å². The summed E-state index contributed by atoms with van der Waals surface area (Å²) in [6, 6.07) is 4.86. The zero-order chi connectivity index (χ0) is 10.7. The third-order valence-corrected chi connectivity index (χ3v) is 1.84. The standard InChI is InChI=1S/C10H10N2O3/c1-14-6-7-5-9(13)12-10(11-7)8-3-2-4-15-8/h2-5H,6H2,1H3,(H,11,12,13). The van der Waals surface area contributed by atoms with Crippen molar-refractivity contribution in [3.05, 3.63) is 40.5 Å². The molecule has 0 aromatic carbocycles. The Kier molecular flexibility index (Phi) is 2.64. The maximum Gasteiger partial charge on any atom is 0.251 e. The zero-order valence-electron chi connectivity index (χ0n) is 8.19. The maximum atomic E-state index is 11.3. The highest BCUT2D eigenvalue weighted by Gasteiger charge is 2.05. The topological polar surface area (TPSA) is 68.1 Å². The lowest BCUT2D eigenvalue weighted by atomic mass is 10.3. The number of nitrogens with zero attached hydrogens (tertiary/aromatic N) is 1. The summed E-state index contributed by atoms with van der Waals surface area (Å²) >= 11 is 0. The van der Waals surface area contributed by atoms with Crippen LogP contribution in [0, 0.1) is 0 Å². The molecular formula is C10H10N2O3. The van der Waals surface area contributed by atoms with Crippen molar-refractivity contribution in [3.63, 3.8) is 0 Å². The highest BCUT2D eigenvalue weighted by molar-refractivity contribution is 5.45. The fourth-order valence-electron chi connectivity index (χ4n) is 1.26. The average Bonchev–Trinajstić information content (AvgIpc) is 2.70. The number of rotatable bonds is 3. The summed E-state index contributed by atoms with van der Waals surface area (Å²) in [7, 11) is 1.55. The van der Waals surface area contributed by atoms with Crippen LogP contribution in [0.1, 0.15) is 5.69 Å². The van der Waals surface area contributed by atoms with Crippen LogP contribution in [0.25, 0.3) is 11.6 Å². The lowest BCUT2D eigenvalue weighted by Gasteiger charge is -2.00. The molecule has 1 N–H and O–H groups in total. The van der Waals surface area contributed by atoms with Gasteiger partial charge in [-0.1, -0.05) is 0 Å². The Hall–Kier alpha value is -1.88. The fraction of sp³-hybridized carbons (Fsp3) is 0.200. The molecule has 0 aliphatic rings. The van der Waals surface area contributed by atoms with Gasteiger partial charge < -0.3 is 14.1 Å². The van der Waals surface area contributed by atoms with E-state index in [2.05, 4.69) is 9.97 Å². The molecule has 0 radical (unpaired) electrons. The smallest absolute Gasteiger partial charge is 0.251 e. The van der Waals surface area contributed by atoms with E-state index in [0.717, 1.165) is 0 Å². The van der Waals surface area contributed by atoms with E-state index in [-0.39, 0.29) is 5.56 Å². The SMILES string of the molecule is COCc1cc(=O)[nH]c(-c2ccco2)n1. The number of aromatic amines is 1. The molecule has 0 saturated carbocycles. The molecule has 15 heavy (non-hydrogen) atoms. The Morgan fingerprint density at radius 2 is 2.47 bits per heavy atom. The Morgan fingerprint density at radius 3 is 3.13 bits per heavy atom. The second-order valence-electron chi connectivity index (χ2n) is 3.00. The van der Waals surface area contributed by atoms with Crippen LogP contribution >= 0.6 is 0 Å². The normalized spacial score (nSPS) is 10.5. The maximum absolute atomic E-state index is 11.3. The zero-order valence-corrected chi connectivity index (χ0v) is 8.19. The van der Waals surface area contributed by atoms with Crippen LogP contribution in [0.15, 0.2) is 33.7 Å². The van der Waals surface area contributed by atoms with Gasteiger partial charge in [0.25, 0.3) is 5.56 Å². The Bertz CT molecular complexity index is 488. The molecule has 0 fully saturated rings. The van der Waals surface area contributed by atoms with E-state index in [4.69, 9.17) is 9.15 Å². The van der Waals surface area contributed by atoms with Gasteiger partial charge in [-0.25, -0.2) is 4.98 Å². The van der Waals surface area contributed by atoms with Gasteiger partial charge in [0, 0.05) is 13.2 Å². The summed E-state index contributed by atoms with van der Waals surface area (Å²) in [4.78, 5) is 18.1. The molecule has 5 heteroatoms. The molecule has 0 spiro atoms. The molecule has 2 heterocycles. The first kappa shape index (κ1) is 9.67. The molecule has 2 aromatic rings. The highest BCUT2D eigenvalue weighted by Crippen LogP contribution is 2.13. The van der Waals surface area contributed by atoms with Gasteiger partial charge in [0.05, 0.1) is 18.6 Å². The number of H-pyrrole nitrogens is 1. The van der Waals surface area contributed by atoms with Crippen LogP contribution in [-0.4, -0.2) is 17.1 Å². The first-order valence-electron chi connectivity index (χ1n) is 4.42. The minimum Gasteiger partial charge on any atom is -0.461 e. The van der Waals surface area contributed by atoms with Gasteiger partial charge in [0.2, 0.25) is 0 Å². The summed E-state index contributed by atoms with van der Waals surface area (Å²) in [5.74, 6) is 0.949. The van der Waals surface area contributed by atoms with Crippen LogP contribution in [0.3, 0.4) is 0 Å². The molecule has 5 nitrogen and oxygen atoms in total. The van der Waals surface area contributed by atoms with Crippen LogP contribution in [0.5, 0.6) is 0 Å². The van der Waals surface area contributed by atoms with E-state index >= 15 is 0 Å². The lowest BCUT2D eigenvalue weighted by Crippen LogP contribution is -2.10. The first-order valence-corrected chi connectivity index (χ1v) is 4.42. The highest BCUT2D eigenvalue weighted by atomic mass is 16.5. The summed E-state index contributed by atoms with van der Waals surface area (Å²) in [5, 5.41) is 0. The molecule has 0 bridgehead atoms. The van der Waals surface area contributed by atoms with Gasteiger partial charge in [0.1, 0.15) is 0 Å². The molecule has 2 aromatic heterocycles. The number of hydrogen-bond acceptors (Lipinski definition) is 4. The van der Waals surface area contributed by atoms with E-state index in [0.29, 0.717) is 23.9 Å². The first-order chi connectivity index (χ1) is 7.29. The van der Waals surface area contributed by atoms with Gasteiger partial charge in [-0.05, 0) is 12.1 Å². The average molecular weight is 206 g/mol. The van der Waals surface area contributed by atoms with Crippen molar-refractivity contribution in [2.24, 2.45) is 0 Å². The summed E-state index contributed by atoms with van der Waals surface area (Å²) < 4.78 is 10.0. The third kappa shape index (κ3) is 2.13. The van der Waals surface area contributed by atoms with Gasteiger partial charge in [0.15, 0.2) is 11.6 Å². The van der Waals surface area contributed by atoms with Crippen LogP contribution < -0.4 is 5.56 Å². The number of nitrogens with one attached hydrogen (secondary N) is 1. The summed E-state index contributed by atoms with van der Waals surface area (Å²) in [6.45, 7) is 0.303. The van der Waals surface area contributed by atoms with Crippen molar-refractivity contribution in [2.45, 2.75) is 6.61 Å². The van der Waals surface area contributed by atoms with E-state index < -0.39 is 0 Å². The second kappa shape index (κ2) is 4.10. The molecule has 0 atom stereocenters. The van der Waals surface area contributed by atoms with Gasteiger partial charge >= 0.3 is 0 Å². The molecule has 0 amide bonds. The quantitative estimate of drug-likeness (QED) is 0.818. The summed E-state index contributed by atoms with van der Waals surface area (Å²) in [5.41, 5.74) is 0.358. The lowest BCUT2D eigenvalue weighted by molar-refractivity contribution is 0.181. The number of aromatic nitrogens is 2. The van der Waals surface area contributed by atoms with Crippen molar-refractivity contribution in [3.8, 4) is 11.6 Å². The van der Waals surface area contributed by atoms with E-state index in [1.165, 1.54) is 12.3 Å². The Balaban J connectivity index is 2.44. The van der Waals surface area contributed by atoms with Crippen LogP contribution in [0.2, 0.25) is 0 Å². The third-order valence-electron chi connectivity index (χ3n) is 1.84. The summed E-state index contributed by atoms with van der Waals surface area (Å²) in [6.07, 6.45) is 1.53. The van der Waals surface area contributed by atoms with Gasteiger partial charge in [-0.2, -0.15) is 0 Å². The van der Waals surface area contributed by atoms with Crippen molar-refractivity contribution in [1.29, 1.82) is 0 Å². The van der Waals surface area contributed by atoms with Crippen LogP contribution in [-0.2, 0) is 11.3 Å². The van der Waals surface area contributed by atoms with Gasteiger partial charge in [-0.3, -0.25) is 4.79 Å². The largest absolute Gasteiger partial charge is 0.461 e. The van der Waals surface area contributed by atoms with Crippen molar-refractivity contribution >= 4 is 0 Å². The number of ether oxygens (including phenoxy) is 1.